The summed E-state index contributed by atoms with van der Waals surface area (Å²) in [5.41, 5.74) is 6.59. The maximum Gasteiger partial charge on any atom is 0.237 e. The molecule has 1 aliphatic rings. The van der Waals surface area contributed by atoms with Crippen LogP contribution in [-0.2, 0) is 27.2 Å². The first-order chi connectivity index (χ1) is 17.2. The molecule has 2 unspecified atom stereocenters. The van der Waals surface area contributed by atoms with E-state index in [9.17, 15) is 27.6 Å². The zero-order chi connectivity index (χ0) is 26.2. The van der Waals surface area contributed by atoms with Crippen molar-refractivity contribution in [3.05, 3.63) is 77.5 Å². The Kier molecular flexibility index (Phi) is 9.46. The van der Waals surface area contributed by atoms with Gasteiger partial charge in [0.1, 0.15) is 5.82 Å². The zero-order valence-corrected chi connectivity index (χ0v) is 20.1. The van der Waals surface area contributed by atoms with Crippen molar-refractivity contribution in [2.75, 3.05) is 26.7 Å². The molecule has 2 atom stereocenters. The minimum atomic E-state index is -0.991. The van der Waals surface area contributed by atoms with Gasteiger partial charge in [-0.25, -0.2) is 13.2 Å². The third-order valence-electron chi connectivity index (χ3n) is 6.35. The van der Waals surface area contributed by atoms with Crippen LogP contribution >= 0.6 is 0 Å². The van der Waals surface area contributed by atoms with Crippen molar-refractivity contribution in [3.8, 4) is 0 Å². The highest BCUT2D eigenvalue weighted by molar-refractivity contribution is 5.86. The Bertz CT molecular complexity index is 1080. The van der Waals surface area contributed by atoms with E-state index < -0.39 is 23.6 Å². The van der Waals surface area contributed by atoms with E-state index in [1.165, 1.54) is 31.7 Å². The molecule has 2 aromatic carbocycles. The number of carbonyl (C=O) groups excluding carboxylic acids is 3. The molecule has 1 aliphatic heterocycles. The molecule has 3 rings (SSSR count). The van der Waals surface area contributed by atoms with E-state index in [2.05, 4.69) is 5.32 Å². The number of rotatable bonds is 10. The number of benzene rings is 2. The first kappa shape index (κ1) is 27.2. The van der Waals surface area contributed by atoms with Gasteiger partial charge in [-0.3, -0.25) is 19.3 Å². The summed E-state index contributed by atoms with van der Waals surface area (Å²) in [7, 11) is 1.50. The smallest absolute Gasteiger partial charge is 0.237 e. The Morgan fingerprint density at radius 3 is 2.39 bits per heavy atom. The highest BCUT2D eigenvalue weighted by Gasteiger charge is 2.35. The van der Waals surface area contributed by atoms with Gasteiger partial charge in [-0.1, -0.05) is 18.2 Å². The number of amides is 3. The predicted octanol–water partition coefficient (Wildman–Crippen LogP) is 1.99. The van der Waals surface area contributed by atoms with Crippen LogP contribution in [0.4, 0.5) is 13.2 Å². The molecular weight excluding hydrogens is 473 g/mol. The molecule has 7 nitrogen and oxygen atoms in total. The number of halogens is 3. The minimum Gasteiger partial charge on any atom is -0.370 e. The summed E-state index contributed by atoms with van der Waals surface area (Å²) in [6, 6.07) is 8.32. The molecule has 0 aliphatic carbocycles. The SMILES string of the molecule is CNC(=O)C(Cc1ccc(F)c(F)c1)N1CCN(C(=O)[CH]Cc2ccc(F)cc2)C(CCC(N)=O)C1. The van der Waals surface area contributed by atoms with Crippen LogP contribution < -0.4 is 11.1 Å². The first-order valence-corrected chi connectivity index (χ1v) is 11.7. The van der Waals surface area contributed by atoms with Crippen LogP contribution in [0.25, 0.3) is 0 Å². The number of piperazine rings is 1. The molecule has 0 saturated carbocycles. The van der Waals surface area contributed by atoms with Crippen molar-refractivity contribution in [1.29, 1.82) is 0 Å². The van der Waals surface area contributed by atoms with Gasteiger partial charge >= 0.3 is 0 Å². The summed E-state index contributed by atoms with van der Waals surface area (Å²) in [5.74, 6) is -3.34. The molecule has 3 N–H and O–H groups in total. The summed E-state index contributed by atoms with van der Waals surface area (Å²) in [5, 5.41) is 2.61. The number of primary amides is 1. The van der Waals surface area contributed by atoms with Gasteiger partial charge in [-0.2, -0.15) is 0 Å². The van der Waals surface area contributed by atoms with Crippen LogP contribution in [0.2, 0.25) is 0 Å². The minimum absolute atomic E-state index is 0.0636. The lowest BCUT2D eigenvalue weighted by Gasteiger charge is -2.44. The molecule has 193 valence electrons. The monoisotopic (exact) mass is 503 g/mol. The number of nitrogens with one attached hydrogen (secondary N) is 1. The molecule has 10 heteroatoms. The number of nitrogens with zero attached hydrogens (tertiary/aromatic N) is 2. The third kappa shape index (κ3) is 7.30. The highest BCUT2D eigenvalue weighted by atomic mass is 19.2. The number of carbonyl (C=O) groups is 3. The normalized spacial score (nSPS) is 17.0. The summed E-state index contributed by atoms with van der Waals surface area (Å²) in [4.78, 5) is 40.8. The van der Waals surface area contributed by atoms with Crippen LogP contribution in [0.3, 0.4) is 0 Å². The van der Waals surface area contributed by atoms with Gasteiger partial charge in [0.15, 0.2) is 11.6 Å². The number of nitrogens with two attached hydrogens (primary N) is 1. The molecule has 1 heterocycles. The maximum absolute atomic E-state index is 13.7. The van der Waals surface area contributed by atoms with Gasteiger partial charge in [0, 0.05) is 39.1 Å². The van der Waals surface area contributed by atoms with Crippen LogP contribution in [0.15, 0.2) is 42.5 Å². The van der Waals surface area contributed by atoms with Crippen LogP contribution in [0.1, 0.15) is 24.0 Å². The molecule has 1 fully saturated rings. The Labute approximate surface area is 208 Å². The lowest BCUT2D eigenvalue weighted by Crippen LogP contribution is -2.60. The number of hydrogen-bond donors (Lipinski definition) is 2. The van der Waals surface area contributed by atoms with Crippen molar-refractivity contribution in [3.63, 3.8) is 0 Å². The van der Waals surface area contributed by atoms with Crippen molar-refractivity contribution < 1.29 is 27.6 Å². The van der Waals surface area contributed by atoms with E-state index in [0.29, 0.717) is 38.0 Å². The maximum atomic E-state index is 13.7. The van der Waals surface area contributed by atoms with Crippen LogP contribution in [0, 0.1) is 23.9 Å². The van der Waals surface area contributed by atoms with Crippen LogP contribution in [-0.4, -0.2) is 66.3 Å². The Balaban J connectivity index is 1.73. The highest BCUT2D eigenvalue weighted by Crippen LogP contribution is 2.21. The standard InChI is InChI=1S/C26H30F3N4O3/c1-31-26(36)23(15-18-4-9-21(28)22(29)14-18)32-12-13-33(20(16-32)8-10-24(30)34)25(35)11-5-17-2-6-19(27)7-3-17/h2-4,6-7,9,11,14,20,23H,5,8,10,12-13,15-16H2,1H3,(H2,30,34)(H,31,36). The fourth-order valence-corrected chi connectivity index (χ4v) is 4.40. The fourth-order valence-electron chi connectivity index (χ4n) is 4.40. The summed E-state index contributed by atoms with van der Waals surface area (Å²) < 4.78 is 40.3. The first-order valence-electron chi connectivity index (χ1n) is 11.7. The summed E-state index contributed by atoms with van der Waals surface area (Å²) in [6.07, 6.45) is 2.35. The summed E-state index contributed by atoms with van der Waals surface area (Å²) in [6.45, 7) is 0.962. The molecule has 2 aromatic rings. The van der Waals surface area contributed by atoms with Gasteiger partial charge in [-0.05, 0) is 54.7 Å². The van der Waals surface area contributed by atoms with Crippen molar-refractivity contribution >= 4 is 17.7 Å². The second-order valence-corrected chi connectivity index (χ2v) is 8.80. The van der Waals surface area contributed by atoms with Crippen LogP contribution in [0.5, 0.6) is 0 Å². The second-order valence-electron chi connectivity index (χ2n) is 8.80. The fraction of sp³-hybridized carbons (Fsp3) is 0.385. The van der Waals surface area contributed by atoms with Crippen molar-refractivity contribution in [2.24, 2.45) is 5.73 Å². The lowest BCUT2D eigenvalue weighted by molar-refractivity contribution is -0.136. The number of likely N-dealkylation sites (N-methyl/N-ethyl adjacent to an activating group) is 1. The van der Waals surface area contributed by atoms with Gasteiger partial charge < -0.3 is 16.0 Å². The molecule has 1 radical (unpaired) electrons. The molecule has 0 spiro atoms. The van der Waals surface area contributed by atoms with Crippen molar-refractivity contribution in [2.45, 2.75) is 37.8 Å². The molecule has 36 heavy (non-hydrogen) atoms. The van der Waals surface area contributed by atoms with Gasteiger partial charge in [0.05, 0.1) is 12.5 Å². The molecule has 0 bridgehead atoms. The average Bonchev–Trinajstić information content (AvgIpc) is 2.87. The molecule has 0 aromatic heterocycles. The van der Waals surface area contributed by atoms with E-state index >= 15 is 0 Å². The van der Waals surface area contributed by atoms with Gasteiger partial charge in [0.25, 0.3) is 0 Å². The largest absolute Gasteiger partial charge is 0.370 e. The topological polar surface area (TPSA) is 95.7 Å². The van der Waals surface area contributed by atoms with Crippen molar-refractivity contribution in [1.82, 2.24) is 15.1 Å². The Morgan fingerprint density at radius 1 is 1.06 bits per heavy atom. The van der Waals surface area contributed by atoms with E-state index in [1.807, 2.05) is 4.90 Å². The Morgan fingerprint density at radius 2 is 1.75 bits per heavy atom. The quantitative estimate of drug-likeness (QED) is 0.519. The van der Waals surface area contributed by atoms with E-state index in [4.69, 9.17) is 5.73 Å². The Hall–Kier alpha value is -3.40. The molecule has 3 amide bonds. The molecular formula is C26H30F3N4O3. The van der Waals surface area contributed by atoms with Gasteiger partial charge in [0.2, 0.25) is 17.7 Å². The average molecular weight is 504 g/mol. The molecule has 1 saturated heterocycles. The number of hydrogen-bond acceptors (Lipinski definition) is 4. The van der Waals surface area contributed by atoms with E-state index in [1.54, 1.807) is 17.0 Å². The van der Waals surface area contributed by atoms with Gasteiger partial charge in [-0.15, -0.1) is 0 Å². The predicted molar refractivity (Wildman–Crippen MR) is 128 cm³/mol. The second kappa shape index (κ2) is 12.5. The van der Waals surface area contributed by atoms with E-state index in [-0.39, 0.29) is 36.5 Å². The lowest BCUT2D eigenvalue weighted by atomic mass is 9.98. The zero-order valence-electron chi connectivity index (χ0n) is 20.1. The summed E-state index contributed by atoms with van der Waals surface area (Å²) >= 11 is 0. The third-order valence-corrected chi connectivity index (χ3v) is 6.35. The van der Waals surface area contributed by atoms with E-state index in [0.717, 1.165) is 17.7 Å².